The Hall–Kier alpha value is -5.75. The van der Waals surface area contributed by atoms with E-state index in [0.717, 1.165) is 61.7 Å². The van der Waals surface area contributed by atoms with Crippen LogP contribution in [0.2, 0.25) is 0 Å². The van der Waals surface area contributed by atoms with E-state index in [4.69, 9.17) is 9.72 Å². The van der Waals surface area contributed by atoms with Crippen molar-refractivity contribution < 1.29 is 37.1 Å². The predicted molar refractivity (Wildman–Crippen MR) is 238 cm³/mol. The molecule has 0 saturated heterocycles. The monoisotopic (exact) mass is 892 g/mol. The summed E-state index contributed by atoms with van der Waals surface area (Å²) >= 11 is 0. The van der Waals surface area contributed by atoms with Crippen LogP contribution in [0.3, 0.4) is 0 Å². The molecule has 2 aromatic heterocycles. The lowest BCUT2D eigenvalue weighted by Gasteiger charge is -2.29. The second kappa shape index (κ2) is 20.0. The van der Waals surface area contributed by atoms with Crippen molar-refractivity contribution in [3.8, 4) is 28.5 Å². The van der Waals surface area contributed by atoms with Gasteiger partial charge in [0.15, 0.2) is 11.4 Å². The molecule has 4 heterocycles. The number of fused-ring (bicyclic) bond motifs is 2. The van der Waals surface area contributed by atoms with Gasteiger partial charge in [0.2, 0.25) is 11.8 Å². The molecule has 0 bridgehead atoms. The molecule has 348 valence electrons. The summed E-state index contributed by atoms with van der Waals surface area (Å²) < 4.78 is 49.7. The molecule has 0 aliphatic carbocycles. The molecule has 2 aliphatic heterocycles. The minimum absolute atomic E-state index is 0.0383. The molecule has 0 spiro atoms. The van der Waals surface area contributed by atoms with Crippen molar-refractivity contribution in [3.05, 3.63) is 76.9 Å². The Bertz CT molecular complexity index is 2310. The Morgan fingerprint density at radius 2 is 1.09 bits per heavy atom. The number of nitrogens with one attached hydrogen (secondary N) is 4. The maximum absolute atomic E-state index is 13.6. The summed E-state index contributed by atoms with van der Waals surface area (Å²) in [7, 11) is 8.32. The molecule has 4 amide bonds. The number of rotatable bonds is 9. The number of carbonyl (C=O) groups excluding carboxylic acids is 4. The number of hydrogen-bond acceptors (Lipinski definition) is 9. The first kappa shape index (κ1) is 49.3. The summed E-state index contributed by atoms with van der Waals surface area (Å²) in [6.45, 7) is 15.3. The number of alkyl halides is 3. The van der Waals surface area contributed by atoms with Crippen LogP contribution in [0.15, 0.2) is 48.5 Å². The van der Waals surface area contributed by atoms with Crippen LogP contribution in [0.1, 0.15) is 92.3 Å². The van der Waals surface area contributed by atoms with Crippen molar-refractivity contribution in [2.24, 2.45) is 10.8 Å². The molecule has 4 N–H and O–H groups in total. The third-order valence-corrected chi connectivity index (χ3v) is 11.3. The van der Waals surface area contributed by atoms with Gasteiger partial charge in [0.1, 0.15) is 29.5 Å². The minimum atomic E-state index is -4.58. The van der Waals surface area contributed by atoms with Gasteiger partial charge in [0.05, 0.1) is 24.1 Å². The number of ether oxygens (including phenoxy) is 1. The second-order valence-electron chi connectivity index (χ2n) is 18.5. The Kier molecular flexibility index (Phi) is 15.4. The fraction of sp³-hybridized carbons (Fsp3) is 0.522. The van der Waals surface area contributed by atoms with Gasteiger partial charge < -0.3 is 44.9 Å². The summed E-state index contributed by atoms with van der Waals surface area (Å²) in [6.07, 6.45) is -2.86. The lowest BCUT2D eigenvalue weighted by Crippen LogP contribution is -2.53. The van der Waals surface area contributed by atoms with Crippen molar-refractivity contribution in [2.45, 2.75) is 98.8 Å². The van der Waals surface area contributed by atoms with Gasteiger partial charge in [-0.2, -0.15) is 13.2 Å². The van der Waals surface area contributed by atoms with E-state index in [1.165, 1.54) is 20.2 Å². The molecule has 2 aromatic carbocycles. The van der Waals surface area contributed by atoms with Crippen LogP contribution in [0.25, 0.3) is 22.8 Å². The van der Waals surface area contributed by atoms with Gasteiger partial charge in [0.25, 0.3) is 11.8 Å². The molecular formula is C46H63F3N10O5. The summed E-state index contributed by atoms with van der Waals surface area (Å²) in [4.78, 5) is 65.0. The Labute approximate surface area is 373 Å². The molecule has 4 aromatic rings. The van der Waals surface area contributed by atoms with E-state index < -0.39 is 40.6 Å². The van der Waals surface area contributed by atoms with Gasteiger partial charge >= 0.3 is 6.18 Å². The van der Waals surface area contributed by atoms with Gasteiger partial charge in [-0.15, -0.1) is 0 Å². The van der Waals surface area contributed by atoms with Gasteiger partial charge in [0, 0.05) is 51.4 Å². The first-order chi connectivity index (χ1) is 30.0. The first-order valence-electron chi connectivity index (χ1n) is 21.4. The lowest BCUT2D eigenvalue weighted by molar-refractivity contribution is -0.137. The van der Waals surface area contributed by atoms with Crippen LogP contribution < -0.4 is 26.0 Å². The number of aromatic nitrogens is 4. The summed E-state index contributed by atoms with van der Waals surface area (Å²) in [6, 6.07) is 11.9. The Balaban J connectivity index is 0.000000245. The number of amides is 4. The average molecular weight is 893 g/mol. The van der Waals surface area contributed by atoms with Gasteiger partial charge in [-0.3, -0.25) is 19.2 Å². The Morgan fingerprint density at radius 1 is 0.656 bits per heavy atom. The molecule has 0 fully saturated rings. The quantitative estimate of drug-likeness (QED) is 0.168. The SMILES string of the molecule is CNC(=O)[C@@H](NC(=O)c1nc(-c2cc(OC)cc(C(F)(F)F)c2)n2c1CN(C)CCC2)C(C)(C)C.CNC(=O)[C@@H](NC(=O)c1nc(-c2ccccc2)n2c1CN(C)CCC2)C(C)(C)C. The summed E-state index contributed by atoms with van der Waals surface area (Å²) in [5, 5.41) is 10.9. The van der Waals surface area contributed by atoms with Crippen molar-refractivity contribution in [1.29, 1.82) is 0 Å². The smallest absolute Gasteiger partial charge is 0.416 e. The number of hydrogen-bond donors (Lipinski definition) is 4. The van der Waals surface area contributed by atoms with Gasteiger partial charge in [-0.05, 0) is 69.1 Å². The molecule has 2 atom stereocenters. The fourth-order valence-corrected chi connectivity index (χ4v) is 7.88. The maximum atomic E-state index is 13.6. The van der Waals surface area contributed by atoms with E-state index in [1.807, 2.05) is 83.8 Å². The van der Waals surface area contributed by atoms with Crippen LogP contribution in [-0.2, 0) is 41.9 Å². The van der Waals surface area contributed by atoms with Gasteiger partial charge in [-0.1, -0.05) is 71.9 Å². The molecule has 0 unspecified atom stereocenters. The van der Waals surface area contributed by atoms with Crippen LogP contribution in [0.4, 0.5) is 13.2 Å². The van der Waals surface area contributed by atoms with Gasteiger partial charge in [-0.25, -0.2) is 9.97 Å². The second-order valence-corrected chi connectivity index (χ2v) is 18.5. The molecule has 15 nitrogen and oxygen atoms in total. The van der Waals surface area contributed by atoms with E-state index in [9.17, 15) is 32.3 Å². The van der Waals surface area contributed by atoms with E-state index in [0.29, 0.717) is 31.0 Å². The molecule has 18 heteroatoms. The normalized spacial score (nSPS) is 15.8. The summed E-state index contributed by atoms with van der Waals surface area (Å²) in [5.41, 5.74) is 1.26. The van der Waals surface area contributed by atoms with Crippen LogP contribution in [0, 0.1) is 10.8 Å². The van der Waals surface area contributed by atoms with Crippen molar-refractivity contribution in [3.63, 3.8) is 0 Å². The maximum Gasteiger partial charge on any atom is 0.416 e. The highest BCUT2D eigenvalue weighted by Crippen LogP contribution is 2.37. The fourth-order valence-electron chi connectivity index (χ4n) is 7.88. The van der Waals surface area contributed by atoms with Crippen molar-refractivity contribution in [1.82, 2.24) is 50.2 Å². The molecule has 2 aliphatic rings. The van der Waals surface area contributed by atoms with Crippen molar-refractivity contribution >= 4 is 23.6 Å². The molecule has 0 radical (unpaired) electrons. The average Bonchev–Trinajstić information content (AvgIpc) is 3.62. The van der Waals surface area contributed by atoms with Crippen LogP contribution in [-0.4, -0.2) is 113 Å². The molecular weight excluding hydrogens is 830 g/mol. The zero-order valence-corrected chi connectivity index (χ0v) is 38.8. The van der Waals surface area contributed by atoms with E-state index >= 15 is 0 Å². The number of nitrogens with zero attached hydrogens (tertiary/aromatic N) is 6. The lowest BCUT2D eigenvalue weighted by atomic mass is 9.86. The largest absolute Gasteiger partial charge is 0.497 e. The number of benzene rings is 2. The van der Waals surface area contributed by atoms with E-state index in [1.54, 1.807) is 11.6 Å². The number of likely N-dealkylation sites (N-methyl/N-ethyl adjacent to an activating group) is 2. The Morgan fingerprint density at radius 3 is 1.48 bits per heavy atom. The van der Waals surface area contributed by atoms with Crippen LogP contribution in [0.5, 0.6) is 5.75 Å². The zero-order chi connectivity index (χ0) is 47.3. The van der Waals surface area contributed by atoms with E-state index in [-0.39, 0.29) is 40.6 Å². The third kappa shape index (κ3) is 11.5. The number of halogens is 3. The highest BCUT2D eigenvalue weighted by molar-refractivity contribution is 5.98. The highest BCUT2D eigenvalue weighted by Gasteiger charge is 2.37. The zero-order valence-electron chi connectivity index (χ0n) is 38.8. The molecule has 64 heavy (non-hydrogen) atoms. The molecule has 0 saturated carbocycles. The van der Waals surface area contributed by atoms with Crippen molar-refractivity contribution in [2.75, 3.05) is 48.4 Å². The summed E-state index contributed by atoms with van der Waals surface area (Å²) in [5.74, 6) is -0.345. The number of carbonyl (C=O) groups is 4. The number of imidazole rings is 2. The standard InChI is InChI=1S/C24H32F3N5O3.C22H31N5O2/c1-23(2,3)19(22(34)28-4)30-21(33)18-17-13-31(5)8-7-9-32(17)20(29-18)14-10-15(24(25,26)27)12-16(11-14)35-6;1-22(2,3)18(21(29)23-4)25-20(28)17-16-14-26(5)12-9-13-27(16)19(24-17)15-10-7-6-8-11-15/h10-12,19H,7-9,13H2,1-6H3,(H,28,34)(H,30,33);6-8,10-11,18H,9,12-14H2,1-5H3,(H,23,29)(H,25,28)/t19-;18-/m11/s1. The topological polar surface area (TPSA) is 168 Å². The third-order valence-electron chi connectivity index (χ3n) is 11.3. The van der Waals surface area contributed by atoms with Crippen LogP contribution >= 0.6 is 0 Å². The highest BCUT2D eigenvalue weighted by atomic mass is 19.4. The number of methoxy groups -OCH3 is 1. The van der Waals surface area contributed by atoms with E-state index in [2.05, 4.69) is 42.8 Å². The predicted octanol–water partition coefficient (Wildman–Crippen LogP) is 5.58. The first-order valence-corrected chi connectivity index (χ1v) is 21.4. The minimum Gasteiger partial charge on any atom is -0.497 e. The molecule has 6 rings (SSSR count).